The molecule has 1 aliphatic heterocycles. The molecule has 1 amide bonds. The number of rotatable bonds is 7. The van der Waals surface area contributed by atoms with Crippen LogP contribution in [0.1, 0.15) is 31.7 Å². The summed E-state index contributed by atoms with van der Waals surface area (Å²) in [6.45, 7) is 3.56. The fourth-order valence-electron chi connectivity index (χ4n) is 3.95. The van der Waals surface area contributed by atoms with E-state index >= 15 is 0 Å². The average molecular weight is 412 g/mol. The highest BCUT2D eigenvalue weighted by Gasteiger charge is 2.45. The van der Waals surface area contributed by atoms with Crippen LogP contribution < -0.4 is 15.8 Å². The second kappa shape index (κ2) is 9.12. The van der Waals surface area contributed by atoms with Gasteiger partial charge in [-0.1, -0.05) is 6.07 Å². The normalized spacial score (nSPS) is 22.4. The van der Waals surface area contributed by atoms with E-state index in [0.717, 1.165) is 54.9 Å². The maximum absolute atomic E-state index is 12.4. The summed E-state index contributed by atoms with van der Waals surface area (Å²) in [6, 6.07) is 9.74. The molecule has 2 aliphatic rings. The molecule has 4 rings (SSSR count). The first kappa shape index (κ1) is 20.8. The zero-order chi connectivity index (χ0) is 21.1. The van der Waals surface area contributed by atoms with Crippen LogP contribution >= 0.6 is 0 Å². The van der Waals surface area contributed by atoms with E-state index < -0.39 is 6.10 Å². The van der Waals surface area contributed by atoms with E-state index in [1.54, 1.807) is 13.1 Å². The summed E-state index contributed by atoms with van der Waals surface area (Å²) in [6.07, 6.45) is 3.87. The van der Waals surface area contributed by atoms with Crippen molar-refractivity contribution in [2.45, 2.75) is 44.9 Å². The van der Waals surface area contributed by atoms with Crippen molar-refractivity contribution >= 4 is 11.7 Å². The average Bonchev–Trinajstić information content (AvgIpc) is 3.56. The number of aliphatic hydroxyl groups excluding tert-OH is 1. The highest BCUT2D eigenvalue weighted by Crippen LogP contribution is 2.42. The summed E-state index contributed by atoms with van der Waals surface area (Å²) >= 11 is 0. The molecule has 0 bridgehead atoms. The first-order valence-corrected chi connectivity index (χ1v) is 10.6. The van der Waals surface area contributed by atoms with Crippen LogP contribution in [0.2, 0.25) is 0 Å². The first-order chi connectivity index (χ1) is 14.5. The fraction of sp³-hybridized carbons (Fsp3) is 0.478. The molecule has 1 aliphatic carbocycles. The molecule has 0 radical (unpaired) electrons. The standard InChI is InChI=1S/C23H29N3O4/c1-14(27)19-12-20(19)23(28)26-22-11-16(4-7-25-22)15-2-3-21(17(10-15)13-24)30-18-5-8-29-9-6-18/h2-4,7,10-11,14,18-20,27H,5-6,8-9,12-13,24H2,1H3,(H,25,26,28)/t14?,19-,20+/m0/s1. The number of ether oxygens (including phenoxy) is 2. The van der Waals surface area contributed by atoms with Gasteiger partial charge in [-0.05, 0) is 54.7 Å². The van der Waals surface area contributed by atoms with E-state index in [0.29, 0.717) is 12.4 Å². The predicted molar refractivity (Wildman–Crippen MR) is 114 cm³/mol. The molecule has 1 saturated heterocycles. The van der Waals surface area contributed by atoms with Crippen LogP contribution in [0.3, 0.4) is 0 Å². The Bertz CT molecular complexity index is 896. The lowest BCUT2D eigenvalue weighted by Crippen LogP contribution is -2.26. The van der Waals surface area contributed by atoms with Gasteiger partial charge in [0.25, 0.3) is 0 Å². The minimum atomic E-state index is -0.461. The van der Waals surface area contributed by atoms with Gasteiger partial charge in [0.2, 0.25) is 5.91 Å². The molecule has 7 heteroatoms. The quantitative estimate of drug-likeness (QED) is 0.647. The van der Waals surface area contributed by atoms with Crippen molar-refractivity contribution in [3.8, 4) is 16.9 Å². The van der Waals surface area contributed by atoms with Crippen LogP contribution in [0.5, 0.6) is 5.75 Å². The van der Waals surface area contributed by atoms with Crippen molar-refractivity contribution in [3.63, 3.8) is 0 Å². The van der Waals surface area contributed by atoms with E-state index in [1.807, 2.05) is 30.3 Å². The highest BCUT2D eigenvalue weighted by atomic mass is 16.5. The predicted octanol–water partition coefficient (Wildman–Crippen LogP) is 2.72. The summed E-state index contributed by atoms with van der Waals surface area (Å²) < 4.78 is 11.6. The van der Waals surface area contributed by atoms with Gasteiger partial charge in [-0.15, -0.1) is 0 Å². The second-order valence-corrected chi connectivity index (χ2v) is 8.12. The van der Waals surface area contributed by atoms with Gasteiger partial charge < -0.3 is 25.6 Å². The monoisotopic (exact) mass is 411 g/mol. The molecule has 30 heavy (non-hydrogen) atoms. The number of nitrogens with two attached hydrogens (primary N) is 1. The van der Waals surface area contributed by atoms with Crippen molar-refractivity contribution in [1.82, 2.24) is 4.98 Å². The number of amides is 1. The molecule has 0 spiro atoms. The maximum atomic E-state index is 12.4. The Morgan fingerprint density at radius 2 is 2.07 bits per heavy atom. The minimum Gasteiger partial charge on any atom is -0.490 e. The van der Waals surface area contributed by atoms with E-state index in [-0.39, 0.29) is 23.8 Å². The SMILES string of the molecule is CC(O)[C@@H]1C[C@H]1C(=O)Nc1cc(-c2ccc(OC3CCOCC3)c(CN)c2)ccn1. The van der Waals surface area contributed by atoms with Crippen LogP contribution in [0.25, 0.3) is 11.1 Å². The highest BCUT2D eigenvalue weighted by molar-refractivity contribution is 5.94. The number of carbonyl (C=O) groups is 1. The zero-order valence-corrected chi connectivity index (χ0v) is 17.2. The van der Waals surface area contributed by atoms with Gasteiger partial charge in [-0.3, -0.25) is 4.79 Å². The molecule has 2 fully saturated rings. The number of nitrogens with one attached hydrogen (secondary N) is 1. The third-order valence-corrected chi connectivity index (χ3v) is 5.88. The molecule has 2 aromatic rings. The summed E-state index contributed by atoms with van der Waals surface area (Å²) in [4.78, 5) is 16.6. The molecular weight excluding hydrogens is 382 g/mol. The molecule has 1 aromatic carbocycles. The van der Waals surface area contributed by atoms with Crippen LogP contribution in [0, 0.1) is 11.8 Å². The van der Waals surface area contributed by atoms with Crippen LogP contribution in [0.4, 0.5) is 5.82 Å². The lowest BCUT2D eigenvalue weighted by atomic mass is 10.0. The lowest BCUT2D eigenvalue weighted by molar-refractivity contribution is -0.118. The fourth-order valence-corrected chi connectivity index (χ4v) is 3.95. The van der Waals surface area contributed by atoms with Gasteiger partial charge in [-0.2, -0.15) is 0 Å². The molecule has 4 N–H and O–H groups in total. The van der Waals surface area contributed by atoms with E-state index in [1.165, 1.54) is 0 Å². The van der Waals surface area contributed by atoms with Crippen molar-refractivity contribution in [3.05, 3.63) is 42.1 Å². The molecule has 7 nitrogen and oxygen atoms in total. The number of nitrogens with zero attached hydrogens (tertiary/aromatic N) is 1. The van der Waals surface area contributed by atoms with Crippen molar-refractivity contribution in [2.24, 2.45) is 17.6 Å². The van der Waals surface area contributed by atoms with Crippen LogP contribution in [-0.2, 0) is 16.1 Å². The topological polar surface area (TPSA) is 107 Å². The largest absolute Gasteiger partial charge is 0.490 e. The maximum Gasteiger partial charge on any atom is 0.229 e. The van der Waals surface area contributed by atoms with Gasteiger partial charge in [0.15, 0.2) is 0 Å². The Kier molecular flexibility index (Phi) is 6.32. The molecule has 3 atom stereocenters. The number of benzene rings is 1. The molecule has 1 saturated carbocycles. The lowest BCUT2D eigenvalue weighted by Gasteiger charge is -2.24. The molecule has 160 valence electrons. The second-order valence-electron chi connectivity index (χ2n) is 8.12. The number of hydrogen-bond acceptors (Lipinski definition) is 6. The zero-order valence-electron chi connectivity index (χ0n) is 17.2. The summed E-state index contributed by atoms with van der Waals surface area (Å²) in [5.41, 5.74) is 8.85. The Labute approximate surface area is 176 Å². The minimum absolute atomic E-state index is 0.0450. The molecule has 1 unspecified atom stereocenters. The Morgan fingerprint density at radius 1 is 1.30 bits per heavy atom. The number of aromatic nitrogens is 1. The Hall–Kier alpha value is -2.48. The number of carbonyl (C=O) groups excluding carboxylic acids is 1. The van der Waals surface area contributed by atoms with Crippen LogP contribution in [0.15, 0.2) is 36.5 Å². The third-order valence-electron chi connectivity index (χ3n) is 5.88. The van der Waals surface area contributed by atoms with Crippen molar-refractivity contribution in [2.75, 3.05) is 18.5 Å². The van der Waals surface area contributed by atoms with E-state index in [2.05, 4.69) is 10.3 Å². The van der Waals surface area contributed by atoms with Gasteiger partial charge in [-0.25, -0.2) is 4.98 Å². The van der Waals surface area contributed by atoms with Crippen molar-refractivity contribution in [1.29, 1.82) is 0 Å². The van der Waals surface area contributed by atoms with E-state index in [4.69, 9.17) is 15.2 Å². The van der Waals surface area contributed by atoms with E-state index in [9.17, 15) is 9.90 Å². The van der Waals surface area contributed by atoms with Gasteiger partial charge in [0.05, 0.1) is 19.3 Å². The summed E-state index contributed by atoms with van der Waals surface area (Å²) in [5.74, 6) is 1.14. The van der Waals surface area contributed by atoms with Crippen LogP contribution in [-0.4, -0.2) is 41.4 Å². The summed E-state index contributed by atoms with van der Waals surface area (Å²) in [5, 5.41) is 12.5. The van der Waals surface area contributed by atoms with Crippen molar-refractivity contribution < 1.29 is 19.4 Å². The third kappa shape index (κ3) is 4.80. The smallest absolute Gasteiger partial charge is 0.229 e. The van der Waals surface area contributed by atoms with Gasteiger partial charge in [0, 0.05) is 37.1 Å². The molecular formula is C23H29N3O4. The molecule has 1 aromatic heterocycles. The Balaban J connectivity index is 1.47. The number of aliphatic hydroxyl groups is 1. The Morgan fingerprint density at radius 3 is 2.77 bits per heavy atom. The number of hydrogen-bond donors (Lipinski definition) is 3. The number of pyridine rings is 1. The van der Waals surface area contributed by atoms with Gasteiger partial charge in [0.1, 0.15) is 17.7 Å². The summed E-state index contributed by atoms with van der Waals surface area (Å²) in [7, 11) is 0. The van der Waals surface area contributed by atoms with Gasteiger partial charge >= 0.3 is 0 Å². The first-order valence-electron chi connectivity index (χ1n) is 10.6. The molecule has 2 heterocycles. The number of anilines is 1.